The van der Waals surface area contributed by atoms with E-state index >= 15 is 0 Å². The van der Waals surface area contributed by atoms with Gasteiger partial charge in [0.2, 0.25) is 5.16 Å². The van der Waals surface area contributed by atoms with Crippen molar-refractivity contribution in [3.8, 4) is 11.5 Å². The van der Waals surface area contributed by atoms with Crippen LogP contribution in [-0.2, 0) is 12.4 Å². The second kappa shape index (κ2) is 9.19. The fourth-order valence-corrected chi connectivity index (χ4v) is 4.43. The van der Waals surface area contributed by atoms with Crippen LogP contribution in [0.4, 0.5) is 0 Å². The summed E-state index contributed by atoms with van der Waals surface area (Å²) in [6, 6.07) is 10.9. The van der Waals surface area contributed by atoms with Crippen LogP contribution in [0.3, 0.4) is 0 Å². The number of nitrogens with two attached hydrogens (primary N) is 1. The minimum absolute atomic E-state index is 0.0797. The third kappa shape index (κ3) is 4.68. The molecule has 172 valence electrons. The minimum Gasteiger partial charge on any atom is -0.508 e. The first-order valence-electron chi connectivity index (χ1n) is 10.6. The molecule has 2 heterocycles. The Bertz CT molecular complexity index is 1380. The molecule has 0 aliphatic rings. The zero-order valence-electron chi connectivity index (χ0n) is 19.0. The van der Waals surface area contributed by atoms with Crippen molar-refractivity contribution in [3.05, 3.63) is 74.9 Å². The van der Waals surface area contributed by atoms with Gasteiger partial charge in [-0.15, -0.1) is 10.2 Å². The number of phenols is 1. The van der Waals surface area contributed by atoms with Gasteiger partial charge in [-0.05, 0) is 54.7 Å². The van der Waals surface area contributed by atoms with Crippen molar-refractivity contribution in [2.24, 2.45) is 0 Å². The first kappa shape index (κ1) is 22.7. The van der Waals surface area contributed by atoms with Crippen LogP contribution in [0.5, 0.6) is 11.5 Å². The number of nitrogen functional groups attached to an aromatic ring is 1. The van der Waals surface area contributed by atoms with Crippen LogP contribution in [0.15, 0.2) is 50.8 Å². The summed E-state index contributed by atoms with van der Waals surface area (Å²) in [7, 11) is 0. The molecule has 0 radical (unpaired) electrons. The zero-order valence-corrected chi connectivity index (χ0v) is 19.8. The highest BCUT2D eigenvalue weighted by Gasteiger charge is 2.16. The Hall–Kier alpha value is -3.46. The summed E-state index contributed by atoms with van der Waals surface area (Å²) in [6.45, 7) is 8.15. The molecule has 0 saturated carbocycles. The van der Waals surface area contributed by atoms with Crippen molar-refractivity contribution in [1.82, 2.24) is 14.9 Å². The lowest BCUT2D eigenvalue weighted by Crippen LogP contribution is -2.16. The molecule has 0 amide bonds. The van der Waals surface area contributed by atoms with Crippen LogP contribution in [0.25, 0.3) is 11.0 Å². The number of hydrogen-bond donors (Lipinski definition) is 2. The summed E-state index contributed by atoms with van der Waals surface area (Å²) in [6.07, 6.45) is 0. The van der Waals surface area contributed by atoms with Gasteiger partial charge >= 0.3 is 5.63 Å². The van der Waals surface area contributed by atoms with E-state index in [1.165, 1.54) is 22.5 Å². The lowest BCUT2D eigenvalue weighted by molar-refractivity contribution is 0.287. The van der Waals surface area contributed by atoms with Gasteiger partial charge in [-0.2, -0.15) is 0 Å². The molecular formula is C24H26N4O4S. The van der Waals surface area contributed by atoms with E-state index in [0.717, 1.165) is 27.8 Å². The van der Waals surface area contributed by atoms with Gasteiger partial charge in [-0.3, -0.25) is 0 Å². The fourth-order valence-electron chi connectivity index (χ4n) is 3.57. The van der Waals surface area contributed by atoms with Crippen molar-refractivity contribution in [2.75, 3.05) is 5.84 Å². The second-order valence-corrected chi connectivity index (χ2v) is 9.16. The van der Waals surface area contributed by atoms with Gasteiger partial charge in [0.15, 0.2) is 5.82 Å². The van der Waals surface area contributed by atoms with Crippen molar-refractivity contribution in [2.45, 2.75) is 51.1 Å². The molecule has 33 heavy (non-hydrogen) atoms. The van der Waals surface area contributed by atoms with Crippen LogP contribution in [-0.4, -0.2) is 20.0 Å². The zero-order chi connectivity index (χ0) is 23.7. The number of ether oxygens (including phenoxy) is 1. The molecule has 8 nitrogen and oxygen atoms in total. The standard InChI is InChI=1S/C24H26N4O4S/c1-13(2)17-6-5-14(3)9-20(17)31-11-21-26-27-24(28(21)25)33-12-16-10-22(30)32-23-15(4)19(29)8-7-18(16)23/h5-10,13,29H,11-12,25H2,1-4H3. The molecule has 9 heteroatoms. The predicted octanol–water partition coefficient (Wildman–Crippen LogP) is 4.42. The summed E-state index contributed by atoms with van der Waals surface area (Å²) < 4.78 is 12.7. The topological polar surface area (TPSA) is 116 Å². The molecule has 0 saturated heterocycles. The maximum Gasteiger partial charge on any atom is 0.336 e. The van der Waals surface area contributed by atoms with E-state index in [-0.39, 0.29) is 12.4 Å². The molecular weight excluding hydrogens is 440 g/mol. The Morgan fingerprint density at radius 1 is 1.18 bits per heavy atom. The molecule has 3 N–H and O–H groups in total. The molecule has 0 spiro atoms. The third-order valence-electron chi connectivity index (χ3n) is 5.46. The molecule has 0 aliphatic carbocycles. The second-order valence-electron chi connectivity index (χ2n) is 8.22. The summed E-state index contributed by atoms with van der Waals surface area (Å²) in [4.78, 5) is 12.0. The Labute approximate surface area is 195 Å². The van der Waals surface area contributed by atoms with E-state index in [4.69, 9.17) is 15.0 Å². The third-order valence-corrected chi connectivity index (χ3v) is 6.45. The molecule has 0 bridgehead atoms. The van der Waals surface area contributed by atoms with Gasteiger partial charge in [-0.1, -0.05) is 37.7 Å². The van der Waals surface area contributed by atoms with Crippen LogP contribution >= 0.6 is 11.8 Å². The molecule has 2 aromatic heterocycles. The van der Waals surface area contributed by atoms with Gasteiger partial charge in [0.1, 0.15) is 23.7 Å². The van der Waals surface area contributed by atoms with Gasteiger partial charge in [-0.25, -0.2) is 9.47 Å². The van der Waals surface area contributed by atoms with Crippen LogP contribution < -0.4 is 16.2 Å². The van der Waals surface area contributed by atoms with Crippen molar-refractivity contribution in [1.29, 1.82) is 0 Å². The van der Waals surface area contributed by atoms with Gasteiger partial charge < -0.3 is 20.1 Å². The predicted molar refractivity (Wildman–Crippen MR) is 128 cm³/mol. The number of hydrogen-bond acceptors (Lipinski definition) is 8. The maximum atomic E-state index is 12.0. The smallest absolute Gasteiger partial charge is 0.336 e. The average molecular weight is 467 g/mol. The normalized spacial score (nSPS) is 11.4. The van der Waals surface area contributed by atoms with E-state index in [0.29, 0.717) is 33.8 Å². The van der Waals surface area contributed by atoms with Crippen LogP contribution in [0.2, 0.25) is 0 Å². The molecule has 0 aliphatic heterocycles. The van der Waals surface area contributed by atoms with E-state index in [2.05, 4.69) is 36.2 Å². The summed E-state index contributed by atoms with van der Waals surface area (Å²) >= 11 is 1.35. The van der Waals surface area contributed by atoms with Crippen LogP contribution in [0.1, 0.15) is 47.8 Å². The number of phenolic OH excluding ortho intramolecular Hbond substituents is 1. The van der Waals surface area contributed by atoms with Crippen LogP contribution in [0, 0.1) is 13.8 Å². The van der Waals surface area contributed by atoms with Crippen molar-refractivity contribution >= 4 is 22.7 Å². The number of aromatic hydroxyl groups is 1. The van der Waals surface area contributed by atoms with Gasteiger partial charge in [0, 0.05) is 22.8 Å². The van der Waals surface area contributed by atoms with E-state index < -0.39 is 5.63 Å². The first-order chi connectivity index (χ1) is 15.7. The Morgan fingerprint density at radius 3 is 2.73 bits per heavy atom. The van der Waals surface area contributed by atoms with Gasteiger partial charge in [0.25, 0.3) is 0 Å². The monoisotopic (exact) mass is 466 g/mol. The highest BCUT2D eigenvalue weighted by Crippen LogP contribution is 2.31. The summed E-state index contributed by atoms with van der Waals surface area (Å²) in [5, 5.41) is 19.5. The van der Waals surface area contributed by atoms with Gasteiger partial charge in [0.05, 0.1) is 0 Å². The Morgan fingerprint density at radius 2 is 1.97 bits per heavy atom. The molecule has 0 atom stereocenters. The first-order valence-corrected chi connectivity index (χ1v) is 11.5. The SMILES string of the molecule is Cc1ccc(C(C)C)c(OCc2nnc(SCc3cc(=O)oc4c(C)c(O)ccc34)n2N)c1. The number of aryl methyl sites for hydroxylation is 2. The number of fused-ring (bicyclic) bond motifs is 1. The fraction of sp³-hybridized carbons (Fsp3) is 0.292. The number of benzene rings is 2. The van der Waals surface area contributed by atoms with Crippen molar-refractivity contribution < 1.29 is 14.3 Å². The maximum absolute atomic E-state index is 12.0. The lowest BCUT2D eigenvalue weighted by atomic mass is 10.0. The Balaban J connectivity index is 1.52. The number of aromatic nitrogens is 3. The number of rotatable bonds is 7. The number of nitrogens with zero attached hydrogens (tertiary/aromatic N) is 3. The molecule has 0 unspecified atom stereocenters. The molecule has 2 aromatic carbocycles. The largest absolute Gasteiger partial charge is 0.508 e. The van der Waals surface area contributed by atoms with E-state index in [9.17, 15) is 9.90 Å². The number of thioether (sulfide) groups is 1. The highest BCUT2D eigenvalue weighted by atomic mass is 32.2. The summed E-state index contributed by atoms with van der Waals surface area (Å²) in [5.41, 5.74) is 3.42. The van der Waals surface area contributed by atoms with Crippen molar-refractivity contribution in [3.63, 3.8) is 0 Å². The minimum atomic E-state index is -0.478. The summed E-state index contributed by atoms with van der Waals surface area (Å²) in [5.74, 6) is 8.36. The van der Waals surface area contributed by atoms with E-state index in [1.807, 2.05) is 13.0 Å². The van der Waals surface area contributed by atoms with E-state index in [1.54, 1.807) is 19.1 Å². The Kier molecular flexibility index (Phi) is 6.33. The quantitative estimate of drug-likeness (QED) is 0.234. The molecule has 4 rings (SSSR count). The highest BCUT2D eigenvalue weighted by molar-refractivity contribution is 7.98. The average Bonchev–Trinajstić information content (AvgIpc) is 3.12. The molecule has 4 aromatic rings. The lowest BCUT2D eigenvalue weighted by Gasteiger charge is -2.14. The molecule has 0 fully saturated rings.